The Morgan fingerprint density at radius 1 is 1.08 bits per heavy atom. The molecular weight excluding hydrogens is 338 g/mol. The van der Waals surface area contributed by atoms with Crippen LogP contribution in [0.1, 0.15) is 43.0 Å². The van der Waals surface area contributed by atoms with Crippen LogP contribution in [-0.2, 0) is 10.0 Å². The van der Waals surface area contributed by atoms with Gasteiger partial charge in [-0.05, 0) is 43.7 Å². The molecule has 1 aromatic rings. The largest absolute Gasteiger partial charge is 0.349 e. The number of likely N-dealkylation sites (N-methyl/N-ethyl adjacent to an activating group) is 1. The summed E-state index contributed by atoms with van der Waals surface area (Å²) in [6, 6.07) is 6.57. The topological polar surface area (TPSA) is 69.7 Å². The molecule has 0 atom stereocenters. The zero-order valence-corrected chi connectivity index (χ0v) is 15.6. The van der Waals surface area contributed by atoms with E-state index in [4.69, 9.17) is 0 Å². The number of carbonyl (C=O) groups is 1. The van der Waals surface area contributed by atoms with Crippen molar-refractivity contribution in [2.75, 3.05) is 32.7 Å². The molecule has 25 heavy (non-hydrogen) atoms. The van der Waals surface area contributed by atoms with Gasteiger partial charge in [-0.1, -0.05) is 19.8 Å². The third-order valence-electron chi connectivity index (χ3n) is 5.22. The van der Waals surface area contributed by atoms with Gasteiger partial charge in [-0.3, -0.25) is 4.79 Å². The van der Waals surface area contributed by atoms with Crippen LogP contribution in [0.2, 0.25) is 0 Å². The predicted molar refractivity (Wildman–Crippen MR) is 97.0 cm³/mol. The fraction of sp³-hybridized carbons (Fsp3) is 0.611. The number of sulfonamides is 1. The number of carbonyl (C=O) groups excluding carboxylic acids is 1. The Bertz CT molecular complexity index is 689. The molecule has 1 amide bonds. The normalized spacial score (nSPS) is 20.7. The summed E-state index contributed by atoms with van der Waals surface area (Å²) >= 11 is 0. The lowest BCUT2D eigenvalue weighted by atomic mass is 10.2. The summed E-state index contributed by atoms with van der Waals surface area (Å²) in [6.45, 7) is 5.58. The zero-order valence-electron chi connectivity index (χ0n) is 14.8. The molecule has 0 aromatic heterocycles. The van der Waals surface area contributed by atoms with E-state index in [1.165, 1.54) is 4.31 Å². The van der Waals surface area contributed by atoms with Gasteiger partial charge in [0, 0.05) is 37.8 Å². The van der Waals surface area contributed by atoms with Crippen LogP contribution in [0.5, 0.6) is 0 Å². The molecule has 2 aliphatic rings. The highest BCUT2D eigenvalue weighted by molar-refractivity contribution is 7.89. The van der Waals surface area contributed by atoms with Crippen molar-refractivity contribution in [2.24, 2.45) is 0 Å². The van der Waals surface area contributed by atoms with E-state index in [0.29, 0.717) is 18.7 Å². The van der Waals surface area contributed by atoms with Gasteiger partial charge in [0.25, 0.3) is 5.91 Å². The van der Waals surface area contributed by atoms with Crippen molar-refractivity contribution >= 4 is 15.9 Å². The van der Waals surface area contributed by atoms with Crippen LogP contribution < -0.4 is 5.32 Å². The Labute approximate surface area is 150 Å². The van der Waals surface area contributed by atoms with Crippen LogP contribution >= 0.6 is 0 Å². The van der Waals surface area contributed by atoms with Crippen molar-refractivity contribution in [3.05, 3.63) is 29.8 Å². The molecule has 1 aliphatic carbocycles. The minimum Gasteiger partial charge on any atom is -0.349 e. The van der Waals surface area contributed by atoms with E-state index in [2.05, 4.69) is 17.1 Å². The van der Waals surface area contributed by atoms with E-state index in [-0.39, 0.29) is 16.8 Å². The first-order chi connectivity index (χ1) is 12.0. The standard InChI is InChI=1S/C18H27N3O3S/c1-2-20-11-13-21(14-12-20)25(23,24)17-9-7-15(8-10-17)18(22)19-16-5-3-4-6-16/h7-10,16H,2-6,11-14H2,1H3,(H,19,22). The highest BCUT2D eigenvalue weighted by atomic mass is 32.2. The SMILES string of the molecule is CCN1CCN(S(=O)(=O)c2ccc(C(=O)NC3CCCC3)cc2)CC1. The van der Waals surface area contributed by atoms with Gasteiger partial charge in [-0.15, -0.1) is 0 Å². The van der Waals surface area contributed by atoms with Crippen molar-refractivity contribution < 1.29 is 13.2 Å². The third kappa shape index (κ3) is 4.22. The van der Waals surface area contributed by atoms with Gasteiger partial charge in [0.15, 0.2) is 0 Å². The number of nitrogens with one attached hydrogen (secondary N) is 1. The second kappa shape index (κ2) is 7.85. The van der Waals surface area contributed by atoms with Gasteiger partial charge in [-0.2, -0.15) is 4.31 Å². The van der Waals surface area contributed by atoms with Gasteiger partial charge >= 0.3 is 0 Å². The average Bonchev–Trinajstić information content (AvgIpc) is 3.15. The molecule has 7 heteroatoms. The summed E-state index contributed by atoms with van der Waals surface area (Å²) in [5.41, 5.74) is 0.515. The van der Waals surface area contributed by atoms with Crippen LogP contribution in [0.4, 0.5) is 0 Å². The van der Waals surface area contributed by atoms with E-state index in [9.17, 15) is 13.2 Å². The van der Waals surface area contributed by atoms with Crippen molar-refractivity contribution in [3.8, 4) is 0 Å². The molecule has 2 fully saturated rings. The monoisotopic (exact) mass is 365 g/mol. The molecule has 0 bridgehead atoms. The summed E-state index contributed by atoms with van der Waals surface area (Å²) in [4.78, 5) is 14.8. The van der Waals surface area contributed by atoms with Crippen molar-refractivity contribution in [1.29, 1.82) is 0 Å². The number of benzene rings is 1. The Kier molecular flexibility index (Phi) is 5.76. The Hall–Kier alpha value is -1.44. The zero-order chi connectivity index (χ0) is 17.9. The Morgan fingerprint density at radius 3 is 2.24 bits per heavy atom. The molecular formula is C18H27N3O3S. The summed E-state index contributed by atoms with van der Waals surface area (Å²) < 4.78 is 27.0. The summed E-state index contributed by atoms with van der Waals surface area (Å²) in [5, 5.41) is 3.02. The molecule has 1 saturated heterocycles. The molecule has 1 aromatic carbocycles. The van der Waals surface area contributed by atoms with E-state index < -0.39 is 10.0 Å². The molecule has 0 radical (unpaired) electrons. The van der Waals surface area contributed by atoms with Gasteiger partial charge in [0.1, 0.15) is 0 Å². The van der Waals surface area contributed by atoms with E-state index in [1.807, 2.05) is 0 Å². The lowest BCUT2D eigenvalue weighted by Gasteiger charge is -2.33. The van der Waals surface area contributed by atoms with E-state index in [0.717, 1.165) is 45.3 Å². The van der Waals surface area contributed by atoms with Crippen molar-refractivity contribution in [1.82, 2.24) is 14.5 Å². The minimum absolute atomic E-state index is 0.118. The van der Waals surface area contributed by atoms with Crippen LogP contribution in [0, 0.1) is 0 Å². The highest BCUT2D eigenvalue weighted by Crippen LogP contribution is 2.20. The first-order valence-corrected chi connectivity index (χ1v) is 10.6. The van der Waals surface area contributed by atoms with E-state index >= 15 is 0 Å². The lowest BCUT2D eigenvalue weighted by molar-refractivity contribution is 0.0937. The number of hydrogen-bond acceptors (Lipinski definition) is 4. The maximum atomic E-state index is 12.7. The molecule has 138 valence electrons. The summed E-state index contributed by atoms with van der Waals surface area (Å²) in [5.74, 6) is -0.118. The third-order valence-corrected chi connectivity index (χ3v) is 7.14. The second-order valence-electron chi connectivity index (χ2n) is 6.82. The number of piperazine rings is 1. The quantitative estimate of drug-likeness (QED) is 0.862. The van der Waals surface area contributed by atoms with Crippen LogP contribution in [0.25, 0.3) is 0 Å². The van der Waals surface area contributed by atoms with Crippen molar-refractivity contribution in [2.45, 2.75) is 43.5 Å². The molecule has 0 unspecified atom stereocenters. The average molecular weight is 365 g/mol. The molecule has 1 aliphatic heterocycles. The van der Waals surface area contributed by atoms with Crippen LogP contribution in [-0.4, -0.2) is 62.3 Å². The summed E-state index contributed by atoms with van der Waals surface area (Å²) in [6.07, 6.45) is 4.38. The first kappa shape index (κ1) is 18.4. The smallest absolute Gasteiger partial charge is 0.251 e. The molecule has 6 nitrogen and oxygen atoms in total. The second-order valence-corrected chi connectivity index (χ2v) is 8.76. The number of rotatable bonds is 5. The van der Waals surface area contributed by atoms with Gasteiger partial charge in [-0.25, -0.2) is 8.42 Å². The fourth-order valence-electron chi connectivity index (χ4n) is 3.55. The fourth-order valence-corrected chi connectivity index (χ4v) is 4.97. The van der Waals surface area contributed by atoms with Crippen LogP contribution in [0.3, 0.4) is 0 Å². The van der Waals surface area contributed by atoms with Gasteiger partial charge in [0.05, 0.1) is 4.90 Å². The Balaban J connectivity index is 1.65. The molecule has 0 spiro atoms. The maximum absolute atomic E-state index is 12.7. The molecule has 3 rings (SSSR count). The highest BCUT2D eigenvalue weighted by Gasteiger charge is 2.28. The van der Waals surface area contributed by atoms with Gasteiger partial charge in [0.2, 0.25) is 10.0 Å². The number of nitrogens with zero attached hydrogens (tertiary/aromatic N) is 2. The number of hydrogen-bond donors (Lipinski definition) is 1. The molecule has 1 saturated carbocycles. The van der Waals surface area contributed by atoms with Crippen molar-refractivity contribution in [3.63, 3.8) is 0 Å². The first-order valence-electron chi connectivity index (χ1n) is 9.14. The number of amides is 1. The minimum atomic E-state index is -3.48. The van der Waals surface area contributed by atoms with E-state index in [1.54, 1.807) is 24.3 Å². The molecule has 1 heterocycles. The van der Waals surface area contributed by atoms with Crippen LogP contribution in [0.15, 0.2) is 29.2 Å². The maximum Gasteiger partial charge on any atom is 0.251 e. The summed E-state index contributed by atoms with van der Waals surface area (Å²) in [7, 11) is -3.48. The predicted octanol–water partition coefficient (Wildman–Crippen LogP) is 1.69. The van der Waals surface area contributed by atoms with Gasteiger partial charge < -0.3 is 10.2 Å². The molecule has 1 N–H and O–H groups in total. The lowest BCUT2D eigenvalue weighted by Crippen LogP contribution is -2.48. The Morgan fingerprint density at radius 2 is 1.68 bits per heavy atom.